The van der Waals surface area contributed by atoms with Crippen LogP contribution < -0.4 is 5.73 Å². The monoisotopic (exact) mass is 358 g/mol. The Kier molecular flexibility index (Phi) is 4.66. The molecule has 1 aromatic carbocycles. The molecule has 0 amide bonds. The van der Waals surface area contributed by atoms with Gasteiger partial charge in [0.2, 0.25) is 0 Å². The first-order valence-electron chi connectivity index (χ1n) is 6.18. The Balaban J connectivity index is 0.00000133. The van der Waals surface area contributed by atoms with E-state index in [1.807, 2.05) is 12.1 Å². The third-order valence-electron chi connectivity index (χ3n) is 3.57. The average Bonchev–Trinajstić information content (AvgIpc) is 2.99. The second kappa shape index (κ2) is 5.92. The van der Waals surface area contributed by atoms with Crippen LogP contribution in [0.5, 0.6) is 0 Å². The van der Waals surface area contributed by atoms with Gasteiger partial charge in [-0.15, -0.1) is 23.7 Å². The van der Waals surface area contributed by atoms with Crippen molar-refractivity contribution in [3.63, 3.8) is 0 Å². The fourth-order valence-electron chi connectivity index (χ4n) is 2.48. The highest BCUT2D eigenvalue weighted by atomic mass is 79.9. The molecule has 0 atom stereocenters. The van der Waals surface area contributed by atoms with Crippen molar-refractivity contribution in [3.8, 4) is 11.3 Å². The number of hydrogen-bond donors (Lipinski definition) is 1. The fourth-order valence-corrected chi connectivity index (χ4v) is 3.74. The maximum absolute atomic E-state index is 6.44. The zero-order valence-electron chi connectivity index (χ0n) is 10.4. The third-order valence-corrected chi connectivity index (χ3v) is 5.16. The Hall–Kier alpha value is -0.420. The van der Waals surface area contributed by atoms with E-state index in [2.05, 4.69) is 33.4 Å². The molecule has 0 radical (unpaired) electrons. The van der Waals surface area contributed by atoms with Gasteiger partial charge in [-0.2, -0.15) is 0 Å². The molecule has 1 fully saturated rings. The molecule has 0 aliphatic heterocycles. The lowest BCUT2D eigenvalue weighted by Gasteiger charge is -2.19. The second-order valence-corrected chi connectivity index (χ2v) is 6.68. The number of nitrogens with zero attached hydrogens (tertiary/aromatic N) is 1. The van der Waals surface area contributed by atoms with Crippen LogP contribution in [-0.4, -0.2) is 4.98 Å². The first-order chi connectivity index (χ1) is 8.67. The molecule has 2 N–H and O–H groups in total. The largest absolute Gasteiger partial charge is 0.319 e. The molecule has 1 aliphatic rings. The molecular formula is C14H16BrClN2S. The van der Waals surface area contributed by atoms with Gasteiger partial charge < -0.3 is 5.73 Å². The highest BCUT2D eigenvalue weighted by Gasteiger charge is 2.34. The topological polar surface area (TPSA) is 38.9 Å². The van der Waals surface area contributed by atoms with Crippen LogP contribution in [0.2, 0.25) is 0 Å². The van der Waals surface area contributed by atoms with E-state index in [1.165, 1.54) is 12.8 Å². The molecule has 5 heteroatoms. The van der Waals surface area contributed by atoms with Crippen LogP contribution in [0, 0.1) is 0 Å². The lowest BCUT2D eigenvalue weighted by Crippen LogP contribution is -2.32. The van der Waals surface area contributed by atoms with Crippen LogP contribution in [0.3, 0.4) is 0 Å². The predicted molar refractivity (Wildman–Crippen MR) is 86.8 cm³/mol. The minimum absolute atomic E-state index is 0. The highest BCUT2D eigenvalue weighted by molar-refractivity contribution is 9.10. The summed E-state index contributed by atoms with van der Waals surface area (Å²) in [6, 6.07) is 8.26. The Labute approximate surface area is 132 Å². The van der Waals surface area contributed by atoms with E-state index < -0.39 is 0 Å². The van der Waals surface area contributed by atoms with Crippen LogP contribution in [0.15, 0.2) is 34.1 Å². The number of nitrogens with two attached hydrogens (primary N) is 1. The van der Waals surface area contributed by atoms with Gasteiger partial charge in [0.05, 0.1) is 11.2 Å². The van der Waals surface area contributed by atoms with Crippen molar-refractivity contribution in [2.24, 2.45) is 5.73 Å². The molecule has 0 bridgehead atoms. The van der Waals surface area contributed by atoms with Crippen LogP contribution in [0.1, 0.15) is 30.7 Å². The molecule has 3 rings (SSSR count). The van der Waals surface area contributed by atoms with Crippen LogP contribution in [-0.2, 0) is 5.54 Å². The lowest BCUT2D eigenvalue weighted by atomic mass is 10.0. The molecule has 1 aromatic heterocycles. The Morgan fingerprint density at radius 1 is 1.16 bits per heavy atom. The minimum atomic E-state index is -0.168. The molecule has 1 saturated carbocycles. The Morgan fingerprint density at radius 2 is 1.79 bits per heavy atom. The first kappa shape index (κ1) is 15.0. The molecule has 19 heavy (non-hydrogen) atoms. The fraction of sp³-hybridized carbons (Fsp3) is 0.357. The van der Waals surface area contributed by atoms with Crippen LogP contribution in [0.4, 0.5) is 0 Å². The normalized spacial score (nSPS) is 17.2. The van der Waals surface area contributed by atoms with Gasteiger partial charge in [-0.3, -0.25) is 0 Å². The van der Waals surface area contributed by atoms with Gasteiger partial charge in [-0.25, -0.2) is 4.98 Å². The summed E-state index contributed by atoms with van der Waals surface area (Å²) in [6.45, 7) is 0. The van der Waals surface area contributed by atoms with Crippen molar-refractivity contribution in [1.29, 1.82) is 0 Å². The zero-order valence-corrected chi connectivity index (χ0v) is 13.7. The van der Waals surface area contributed by atoms with Gasteiger partial charge in [-0.05, 0) is 25.0 Å². The second-order valence-electron chi connectivity index (χ2n) is 4.91. The first-order valence-corrected chi connectivity index (χ1v) is 7.85. The number of aromatic nitrogens is 1. The summed E-state index contributed by atoms with van der Waals surface area (Å²) < 4.78 is 1.09. The van der Waals surface area contributed by atoms with Crippen molar-refractivity contribution in [3.05, 3.63) is 39.1 Å². The predicted octanol–water partition coefficient (Wildman–Crippen LogP) is 4.72. The lowest BCUT2D eigenvalue weighted by molar-refractivity contribution is 0.459. The maximum atomic E-state index is 6.44. The smallest absolute Gasteiger partial charge is 0.113 e. The number of thiazole rings is 1. The summed E-state index contributed by atoms with van der Waals surface area (Å²) in [5.74, 6) is 0. The van der Waals surface area contributed by atoms with Crippen molar-refractivity contribution in [2.75, 3.05) is 0 Å². The molecule has 2 aromatic rings. The van der Waals surface area contributed by atoms with Gasteiger partial charge in [0.1, 0.15) is 5.01 Å². The van der Waals surface area contributed by atoms with E-state index in [0.717, 1.165) is 33.6 Å². The Morgan fingerprint density at radius 3 is 2.42 bits per heavy atom. The molecule has 0 saturated heterocycles. The molecule has 0 spiro atoms. The summed E-state index contributed by atoms with van der Waals surface area (Å²) in [4.78, 5) is 4.74. The Bertz CT molecular complexity index is 547. The number of halogens is 2. The van der Waals surface area contributed by atoms with Crippen LogP contribution >= 0.6 is 39.7 Å². The minimum Gasteiger partial charge on any atom is -0.319 e. The SMILES string of the molecule is Cl.NC1(c2nc(-c3ccc(Br)cc3)cs2)CCCC1. The van der Waals surface area contributed by atoms with E-state index in [0.29, 0.717) is 0 Å². The summed E-state index contributed by atoms with van der Waals surface area (Å²) in [5.41, 5.74) is 8.46. The average molecular weight is 360 g/mol. The molecular weight excluding hydrogens is 344 g/mol. The molecule has 0 unspecified atom stereocenters. The van der Waals surface area contributed by atoms with E-state index in [-0.39, 0.29) is 17.9 Å². The number of hydrogen-bond acceptors (Lipinski definition) is 3. The molecule has 2 nitrogen and oxygen atoms in total. The standard InChI is InChI=1S/C14H15BrN2S.ClH/c15-11-5-3-10(4-6-11)12-9-18-13(17-12)14(16)7-1-2-8-14;/h3-6,9H,1-2,7-8,16H2;1H. The van der Waals surface area contributed by atoms with Crippen molar-refractivity contribution in [2.45, 2.75) is 31.2 Å². The van der Waals surface area contributed by atoms with Gasteiger partial charge in [0.25, 0.3) is 0 Å². The summed E-state index contributed by atoms with van der Waals surface area (Å²) >= 11 is 5.14. The van der Waals surface area contributed by atoms with Crippen molar-refractivity contribution < 1.29 is 0 Å². The van der Waals surface area contributed by atoms with E-state index in [9.17, 15) is 0 Å². The number of benzene rings is 1. The van der Waals surface area contributed by atoms with Gasteiger partial charge in [-0.1, -0.05) is 40.9 Å². The van der Waals surface area contributed by atoms with Gasteiger partial charge in [0, 0.05) is 15.4 Å². The molecule has 1 heterocycles. The van der Waals surface area contributed by atoms with Crippen LogP contribution in [0.25, 0.3) is 11.3 Å². The summed E-state index contributed by atoms with van der Waals surface area (Å²) in [7, 11) is 0. The summed E-state index contributed by atoms with van der Waals surface area (Å²) in [6.07, 6.45) is 4.59. The number of rotatable bonds is 2. The van der Waals surface area contributed by atoms with E-state index in [1.54, 1.807) is 11.3 Å². The molecule has 102 valence electrons. The summed E-state index contributed by atoms with van der Waals surface area (Å²) in [5, 5.41) is 3.21. The maximum Gasteiger partial charge on any atom is 0.113 e. The van der Waals surface area contributed by atoms with Gasteiger partial charge in [0.15, 0.2) is 0 Å². The van der Waals surface area contributed by atoms with Crippen molar-refractivity contribution >= 4 is 39.7 Å². The van der Waals surface area contributed by atoms with E-state index >= 15 is 0 Å². The highest BCUT2D eigenvalue weighted by Crippen LogP contribution is 2.39. The third kappa shape index (κ3) is 3.02. The zero-order chi connectivity index (χ0) is 12.6. The quantitative estimate of drug-likeness (QED) is 0.842. The van der Waals surface area contributed by atoms with Crippen molar-refractivity contribution in [1.82, 2.24) is 4.98 Å². The van der Waals surface area contributed by atoms with Gasteiger partial charge >= 0.3 is 0 Å². The molecule has 1 aliphatic carbocycles. The van der Waals surface area contributed by atoms with E-state index in [4.69, 9.17) is 10.7 Å².